The second-order valence-electron chi connectivity index (χ2n) is 1.33. The molecule has 9 heavy (non-hydrogen) atoms. The van der Waals surface area contributed by atoms with E-state index in [1.807, 2.05) is 0 Å². The molecule has 0 radical (unpaired) electrons. The van der Waals surface area contributed by atoms with Crippen molar-refractivity contribution >= 4 is 12.0 Å². The summed E-state index contributed by atoms with van der Waals surface area (Å²) in [5, 5.41) is 6.83. The molecule has 48 valence electrons. The summed E-state index contributed by atoms with van der Waals surface area (Å²) in [5.41, 5.74) is 9.84. The van der Waals surface area contributed by atoms with Crippen molar-refractivity contribution in [3.63, 3.8) is 0 Å². The SMILES string of the molecule is N=c1nc(N)oc(N)n1. The Kier molecular flexibility index (Phi) is 1.07. The van der Waals surface area contributed by atoms with Gasteiger partial charge in [-0.3, -0.25) is 5.41 Å². The van der Waals surface area contributed by atoms with E-state index in [9.17, 15) is 0 Å². The van der Waals surface area contributed by atoms with Crippen molar-refractivity contribution in [2.24, 2.45) is 0 Å². The minimum atomic E-state index is -0.240. The number of nitrogen functional groups attached to an aromatic ring is 2. The zero-order valence-electron chi connectivity index (χ0n) is 4.46. The first-order valence-electron chi connectivity index (χ1n) is 2.13. The van der Waals surface area contributed by atoms with E-state index in [1.165, 1.54) is 0 Å². The number of nitrogens with zero attached hydrogens (tertiary/aromatic N) is 2. The highest BCUT2D eigenvalue weighted by atomic mass is 16.4. The van der Waals surface area contributed by atoms with E-state index in [1.54, 1.807) is 0 Å². The molecule has 6 heteroatoms. The number of hydrogen-bond acceptors (Lipinski definition) is 6. The van der Waals surface area contributed by atoms with Crippen molar-refractivity contribution in [2.45, 2.75) is 0 Å². The van der Waals surface area contributed by atoms with Crippen LogP contribution >= 0.6 is 0 Å². The summed E-state index contributed by atoms with van der Waals surface area (Å²) in [4.78, 5) is 6.64. The van der Waals surface area contributed by atoms with Crippen LogP contribution in [0.15, 0.2) is 4.42 Å². The van der Waals surface area contributed by atoms with Crippen molar-refractivity contribution in [3.8, 4) is 0 Å². The lowest BCUT2D eigenvalue weighted by Gasteiger charge is -1.89. The minimum absolute atomic E-state index is 0.146. The van der Waals surface area contributed by atoms with Crippen LogP contribution in [0.3, 0.4) is 0 Å². The van der Waals surface area contributed by atoms with Crippen molar-refractivity contribution in [1.29, 1.82) is 5.41 Å². The highest BCUT2D eigenvalue weighted by Crippen LogP contribution is 1.94. The molecule has 0 saturated heterocycles. The standard InChI is InChI=1S/C3H5N5O/c4-1-7-2(5)9-3(6)8-1/h(H5,4,5,6,7,8). The van der Waals surface area contributed by atoms with Crippen LogP contribution in [0.2, 0.25) is 0 Å². The molecule has 0 saturated carbocycles. The Labute approximate surface area is 50.0 Å². The summed E-state index contributed by atoms with van der Waals surface area (Å²) in [6.45, 7) is 0. The molecule has 0 bridgehead atoms. The molecular formula is C3H5N5O. The first-order valence-corrected chi connectivity index (χ1v) is 2.13. The third-order valence-corrected chi connectivity index (χ3v) is 0.641. The predicted molar refractivity (Wildman–Crippen MR) is 29.0 cm³/mol. The molecule has 1 rings (SSSR count). The van der Waals surface area contributed by atoms with E-state index in [-0.39, 0.29) is 17.6 Å². The molecule has 5 N–H and O–H groups in total. The normalized spacial score (nSPS) is 9.33. The van der Waals surface area contributed by atoms with E-state index in [2.05, 4.69) is 14.4 Å². The number of anilines is 2. The molecule has 6 nitrogen and oxygen atoms in total. The Morgan fingerprint density at radius 3 is 2.00 bits per heavy atom. The minimum Gasteiger partial charge on any atom is -0.392 e. The van der Waals surface area contributed by atoms with E-state index in [4.69, 9.17) is 16.9 Å². The number of hydrogen-bond donors (Lipinski definition) is 3. The van der Waals surface area contributed by atoms with Crippen LogP contribution in [0.25, 0.3) is 0 Å². The second-order valence-corrected chi connectivity index (χ2v) is 1.33. The van der Waals surface area contributed by atoms with Crippen molar-refractivity contribution in [2.75, 3.05) is 11.5 Å². The number of nitrogens with two attached hydrogens (primary N) is 2. The van der Waals surface area contributed by atoms with Crippen LogP contribution in [0, 0.1) is 5.41 Å². The Balaban J connectivity index is 3.33. The predicted octanol–water partition coefficient (Wildman–Crippen LogP) is -1.29. The van der Waals surface area contributed by atoms with Crippen LogP contribution < -0.4 is 17.1 Å². The Bertz CT molecular complexity index is 242. The van der Waals surface area contributed by atoms with Crippen LogP contribution in [0.4, 0.5) is 12.0 Å². The van der Waals surface area contributed by atoms with Gasteiger partial charge in [0.2, 0.25) is 0 Å². The molecule has 0 aromatic carbocycles. The smallest absolute Gasteiger partial charge is 0.298 e. The van der Waals surface area contributed by atoms with Gasteiger partial charge in [0.25, 0.3) is 17.6 Å². The van der Waals surface area contributed by atoms with Gasteiger partial charge in [0.05, 0.1) is 0 Å². The molecule has 0 atom stereocenters. The third-order valence-electron chi connectivity index (χ3n) is 0.641. The molecule has 0 aliphatic rings. The second kappa shape index (κ2) is 1.73. The largest absolute Gasteiger partial charge is 0.392 e. The monoisotopic (exact) mass is 127 g/mol. The van der Waals surface area contributed by atoms with Gasteiger partial charge in [-0.2, -0.15) is 9.97 Å². The van der Waals surface area contributed by atoms with Gasteiger partial charge < -0.3 is 15.9 Å². The maximum atomic E-state index is 6.83. The van der Waals surface area contributed by atoms with Crippen molar-refractivity contribution in [1.82, 2.24) is 9.97 Å². The number of rotatable bonds is 0. The molecule has 0 aliphatic carbocycles. The molecule has 1 heterocycles. The highest BCUT2D eigenvalue weighted by Gasteiger charge is 1.91. The lowest BCUT2D eigenvalue weighted by atomic mass is 11.0. The van der Waals surface area contributed by atoms with Crippen molar-refractivity contribution < 1.29 is 4.42 Å². The molecule has 1 aromatic heterocycles. The van der Waals surface area contributed by atoms with Gasteiger partial charge in [-0.25, -0.2) is 0 Å². The average Bonchev–Trinajstić information content (AvgIpc) is 1.59. The number of aromatic nitrogens is 2. The summed E-state index contributed by atoms with van der Waals surface area (Å²) in [6, 6.07) is -0.292. The van der Waals surface area contributed by atoms with Crippen LogP contribution in [0.5, 0.6) is 0 Å². The summed E-state index contributed by atoms with van der Waals surface area (Å²) >= 11 is 0. The quantitative estimate of drug-likeness (QED) is 0.401. The summed E-state index contributed by atoms with van der Waals surface area (Å²) in [5.74, 6) is 0. The fraction of sp³-hybridized carbons (Fsp3) is 0. The van der Waals surface area contributed by atoms with E-state index in [0.717, 1.165) is 0 Å². The third kappa shape index (κ3) is 1.15. The van der Waals surface area contributed by atoms with Gasteiger partial charge >= 0.3 is 0 Å². The Morgan fingerprint density at radius 1 is 1.22 bits per heavy atom. The van der Waals surface area contributed by atoms with Gasteiger partial charge in [0, 0.05) is 0 Å². The summed E-state index contributed by atoms with van der Waals surface area (Å²) in [7, 11) is 0. The average molecular weight is 127 g/mol. The molecule has 1 aromatic rings. The molecule has 0 fully saturated rings. The molecule has 0 spiro atoms. The molecule has 0 aliphatic heterocycles. The highest BCUT2D eigenvalue weighted by molar-refractivity contribution is 5.14. The first-order chi connectivity index (χ1) is 4.18. The zero-order valence-corrected chi connectivity index (χ0v) is 4.46. The van der Waals surface area contributed by atoms with Crippen molar-refractivity contribution in [3.05, 3.63) is 5.62 Å². The fourth-order valence-corrected chi connectivity index (χ4v) is 0.387. The van der Waals surface area contributed by atoms with E-state index in [0.29, 0.717) is 0 Å². The van der Waals surface area contributed by atoms with E-state index < -0.39 is 0 Å². The summed E-state index contributed by atoms with van der Waals surface area (Å²) < 4.78 is 4.47. The molecular weight excluding hydrogens is 122 g/mol. The maximum Gasteiger partial charge on any atom is 0.298 e. The Morgan fingerprint density at radius 2 is 1.67 bits per heavy atom. The van der Waals surface area contributed by atoms with Gasteiger partial charge in [-0.05, 0) is 0 Å². The topological polar surface area (TPSA) is 115 Å². The van der Waals surface area contributed by atoms with Crippen LogP contribution in [0.1, 0.15) is 0 Å². The maximum absolute atomic E-state index is 6.83. The zero-order chi connectivity index (χ0) is 6.85. The first kappa shape index (κ1) is 5.54. The van der Waals surface area contributed by atoms with Gasteiger partial charge in [-0.15, -0.1) is 0 Å². The molecule has 0 unspecified atom stereocenters. The van der Waals surface area contributed by atoms with Crippen LogP contribution in [-0.4, -0.2) is 9.97 Å². The number of nitrogens with one attached hydrogen (secondary N) is 1. The van der Waals surface area contributed by atoms with Gasteiger partial charge in [-0.1, -0.05) is 0 Å². The summed E-state index contributed by atoms with van der Waals surface area (Å²) in [6.07, 6.45) is 0. The lowest BCUT2D eigenvalue weighted by molar-refractivity contribution is 0.539. The van der Waals surface area contributed by atoms with Gasteiger partial charge in [0.1, 0.15) is 0 Å². The molecule has 0 amide bonds. The fourth-order valence-electron chi connectivity index (χ4n) is 0.387. The van der Waals surface area contributed by atoms with Crippen LogP contribution in [-0.2, 0) is 0 Å². The van der Waals surface area contributed by atoms with Gasteiger partial charge in [0.15, 0.2) is 0 Å². The lowest BCUT2D eigenvalue weighted by Crippen LogP contribution is -2.14. The van der Waals surface area contributed by atoms with E-state index >= 15 is 0 Å². The Hall–Kier alpha value is -1.59.